The molecule has 3 heteroatoms. The Bertz CT molecular complexity index is 214. The first-order valence-corrected chi connectivity index (χ1v) is 9.02. The van der Waals surface area contributed by atoms with E-state index in [2.05, 4.69) is 62.5 Å². The summed E-state index contributed by atoms with van der Waals surface area (Å²) in [7, 11) is -1.54. The van der Waals surface area contributed by atoms with Gasteiger partial charge in [-0.1, -0.05) is 61.6 Å². The van der Waals surface area contributed by atoms with Crippen LogP contribution in [0, 0.1) is 0 Å². The molecule has 0 bridgehead atoms. The topological polar surface area (TPSA) is 9.23 Å². The van der Waals surface area contributed by atoms with Crippen LogP contribution < -0.4 is 0 Å². The quantitative estimate of drug-likeness (QED) is 0.420. The van der Waals surface area contributed by atoms with E-state index in [1.165, 1.54) is 0 Å². The molecule has 0 aliphatic heterocycles. The number of hydrogen-bond acceptors (Lipinski definition) is 1. The Morgan fingerprint density at radius 1 is 1.21 bits per heavy atom. The van der Waals surface area contributed by atoms with Crippen LogP contribution in [0.25, 0.3) is 0 Å². The van der Waals surface area contributed by atoms with Crippen molar-refractivity contribution in [3.63, 3.8) is 0 Å². The molecule has 0 spiro atoms. The summed E-state index contributed by atoms with van der Waals surface area (Å²) in [6, 6.07) is 0. The van der Waals surface area contributed by atoms with Crippen molar-refractivity contribution in [1.29, 1.82) is 0 Å². The second-order valence-electron chi connectivity index (χ2n) is 4.82. The molecule has 0 aromatic carbocycles. The van der Waals surface area contributed by atoms with Gasteiger partial charge in [0.25, 0.3) is 0 Å². The van der Waals surface area contributed by atoms with E-state index >= 15 is 0 Å². The molecule has 0 saturated heterocycles. The molecule has 0 heterocycles. The van der Waals surface area contributed by atoms with Crippen LogP contribution in [0.1, 0.15) is 20.8 Å². The zero-order chi connectivity index (χ0) is 11.2. The van der Waals surface area contributed by atoms with Crippen LogP contribution in [-0.4, -0.2) is 14.9 Å². The Morgan fingerprint density at radius 2 is 1.79 bits per heavy atom. The minimum atomic E-state index is -1.54. The largest absolute Gasteiger partial charge is 0.413 e. The van der Waals surface area contributed by atoms with Crippen LogP contribution in [0.15, 0.2) is 22.3 Å². The average molecular weight is 324 g/mol. The molecule has 0 saturated carbocycles. The summed E-state index contributed by atoms with van der Waals surface area (Å²) in [6.07, 6.45) is 6.10. The van der Waals surface area contributed by atoms with Gasteiger partial charge in [-0.3, -0.25) is 0 Å². The Kier molecular flexibility index (Phi) is 6.24. The van der Waals surface area contributed by atoms with E-state index in [9.17, 15) is 0 Å². The van der Waals surface area contributed by atoms with E-state index in [0.29, 0.717) is 5.04 Å². The van der Waals surface area contributed by atoms with Crippen molar-refractivity contribution in [2.75, 3.05) is 6.61 Å². The fourth-order valence-electron chi connectivity index (χ4n) is 0.649. The van der Waals surface area contributed by atoms with Crippen LogP contribution >= 0.6 is 22.6 Å². The third kappa shape index (κ3) is 5.31. The highest BCUT2D eigenvalue weighted by molar-refractivity contribution is 14.1. The monoisotopic (exact) mass is 324 g/mol. The van der Waals surface area contributed by atoms with Gasteiger partial charge in [-0.05, 0) is 22.2 Å². The maximum absolute atomic E-state index is 5.96. The highest BCUT2D eigenvalue weighted by Crippen LogP contribution is 2.36. The Balaban J connectivity index is 4.01. The highest BCUT2D eigenvalue weighted by Gasteiger charge is 2.36. The van der Waals surface area contributed by atoms with E-state index < -0.39 is 8.32 Å². The van der Waals surface area contributed by atoms with Crippen LogP contribution in [-0.2, 0) is 4.43 Å². The van der Waals surface area contributed by atoms with Crippen molar-refractivity contribution >= 4 is 30.9 Å². The van der Waals surface area contributed by atoms with Crippen LogP contribution in [0.3, 0.4) is 0 Å². The van der Waals surface area contributed by atoms with Gasteiger partial charge in [-0.2, -0.15) is 0 Å². The molecule has 0 amide bonds. The number of halogens is 1. The van der Waals surface area contributed by atoms with E-state index in [-0.39, 0.29) is 0 Å². The summed E-state index contributed by atoms with van der Waals surface area (Å²) in [5, 5.41) is 0.305. The number of hydrogen-bond donors (Lipinski definition) is 0. The van der Waals surface area contributed by atoms with Crippen LogP contribution in [0.5, 0.6) is 0 Å². The summed E-state index contributed by atoms with van der Waals surface area (Å²) >= 11 is 2.20. The summed E-state index contributed by atoms with van der Waals surface area (Å²) < 4.78 is 7.94. The van der Waals surface area contributed by atoms with E-state index in [0.717, 1.165) is 6.61 Å². The zero-order valence-electron chi connectivity index (χ0n) is 9.80. The van der Waals surface area contributed by atoms with Gasteiger partial charge in [-0.15, -0.1) is 0 Å². The molecule has 0 aliphatic carbocycles. The lowest BCUT2D eigenvalue weighted by Crippen LogP contribution is -2.40. The number of rotatable bonds is 4. The molecule has 0 radical (unpaired) electrons. The van der Waals surface area contributed by atoms with Gasteiger partial charge in [0.2, 0.25) is 0 Å². The lowest BCUT2D eigenvalue weighted by atomic mass is 10.2. The summed E-state index contributed by atoms with van der Waals surface area (Å²) in [6.45, 7) is 12.1. The third-order valence-electron chi connectivity index (χ3n) is 2.67. The first-order chi connectivity index (χ1) is 6.31. The zero-order valence-corrected chi connectivity index (χ0v) is 13.0. The molecule has 82 valence electrons. The second-order valence-corrected chi connectivity index (χ2v) is 10.3. The van der Waals surface area contributed by atoms with Gasteiger partial charge in [0, 0.05) is 0 Å². The van der Waals surface area contributed by atoms with Gasteiger partial charge < -0.3 is 4.43 Å². The van der Waals surface area contributed by atoms with Gasteiger partial charge in [0.1, 0.15) is 0 Å². The molecule has 0 aromatic heterocycles. The molecule has 0 aromatic rings. The number of allylic oxidation sites excluding steroid dienone is 2. The predicted octanol–water partition coefficient (Wildman–Crippen LogP) is 4.51. The highest BCUT2D eigenvalue weighted by atomic mass is 127. The van der Waals surface area contributed by atoms with E-state index in [4.69, 9.17) is 4.43 Å². The molecule has 0 atom stereocenters. The van der Waals surface area contributed by atoms with Crippen molar-refractivity contribution in [3.8, 4) is 0 Å². The normalized spacial score (nSPS) is 14.4. The minimum Gasteiger partial charge on any atom is -0.413 e. The average Bonchev–Trinajstić information content (AvgIpc) is 2.02. The fraction of sp³-hybridized carbons (Fsp3) is 0.636. The molecular formula is C11H21IOSi. The minimum absolute atomic E-state index is 0.305. The maximum Gasteiger partial charge on any atom is 0.192 e. The molecule has 14 heavy (non-hydrogen) atoms. The lowest BCUT2D eigenvalue weighted by molar-refractivity contribution is 0.328. The van der Waals surface area contributed by atoms with Crippen molar-refractivity contribution in [2.45, 2.75) is 38.9 Å². The molecule has 0 N–H and O–H groups in total. The maximum atomic E-state index is 5.96. The molecule has 0 rings (SSSR count). The van der Waals surface area contributed by atoms with Gasteiger partial charge in [-0.25, -0.2) is 0 Å². The molecular weight excluding hydrogens is 303 g/mol. The molecule has 0 aliphatic rings. The standard InChI is InChI=1S/C11H21IOSi/c1-11(2,3)14(4,5)13-10-8-6-7-9-12/h6-9H,10H2,1-5H3/b8-6+,9-7+. The Morgan fingerprint density at radius 3 is 2.21 bits per heavy atom. The van der Waals surface area contributed by atoms with E-state index in [1.54, 1.807) is 0 Å². The van der Waals surface area contributed by atoms with Gasteiger partial charge in [0.05, 0.1) is 6.61 Å². The lowest BCUT2D eigenvalue weighted by Gasteiger charge is -2.35. The van der Waals surface area contributed by atoms with Crippen LogP contribution in [0.2, 0.25) is 18.1 Å². The predicted molar refractivity (Wildman–Crippen MR) is 75.4 cm³/mol. The fourth-order valence-corrected chi connectivity index (χ4v) is 1.83. The third-order valence-corrected chi connectivity index (χ3v) is 7.58. The summed E-state index contributed by atoms with van der Waals surface area (Å²) in [5.41, 5.74) is 0. The molecule has 0 unspecified atom stereocenters. The SMILES string of the molecule is CC(C)(C)[Si](C)(C)OC/C=C/C=C/I. The first kappa shape index (κ1) is 14.4. The first-order valence-electron chi connectivity index (χ1n) is 4.87. The van der Waals surface area contributed by atoms with Gasteiger partial charge in [0.15, 0.2) is 8.32 Å². The van der Waals surface area contributed by atoms with E-state index in [1.807, 2.05) is 16.2 Å². The molecule has 1 nitrogen and oxygen atoms in total. The Hall–Kier alpha value is 0.387. The van der Waals surface area contributed by atoms with Gasteiger partial charge >= 0.3 is 0 Å². The second kappa shape index (κ2) is 6.08. The van der Waals surface area contributed by atoms with Crippen molar-refractivity contribution < 1.29 is 4.43 Å². The summed E-state index contributed by atoms with van der Waals surface area (Å²) in [5.74, 6) is 0. The smallest absolute Gasteiger partial charge is 0.192 e. The van der Waals surface area contributed by atoms with Crippen molar-refractivity contribution in [3.05, 3.63) is 22.3 Å². The van der Waals surface area contributed by atoms with Crippen LogP contribution in [0.4, 0.5) is 0 Å². The summed E-state index contributed by atoms with van der Waals surface area (Å²) in [4.78, 5) is 0. The molecule has 0 fully saturated rings. The van der Waals surface area contributed by atoms with Crippen molar-refractivity contribution in [1.82, 2.24) is 0 Å². The van der Waals surface area contributed by atoms with Crippen molar-refractivity contribution in [2.24, 2.45) is 0 Å². The Labute approximate surface area is 103 Å².